The Balaban J connectivity index is 2.15. The highest BCUT2D eigenvalue weighted by atomic mass is 79.9. The Morgan fingerprint density at radius 1 is 1.05 bits per heavy atom. The van der Waals surface area contributed by atoms with Gasteiger partial charge >= 0.3 is 6.18 Å². The van der Waals surface area contributed by atoms with Crippen molar-refractivity contribution in [1.82, 2.24) is 9.97 Å². The molecule has 2 aromatic carbocycles. The molecule has 0 aliphatic carbocycles. The molecule has 0 radical (unpaired) electrons. The highest BCUT2D eigenvalue weighted by molar-refractivity contribution is 9.10. The minimum atomic E-state index is -4.43. The van der Waals surface area contributed by atoms with Crippen molar-refractivity contribution in [1.29, 1.82) is 0 Å². The first kappa shape index (κ1) is 14.1. The van der Waals surface area contributed by atoms with Gasteiger partial charge in [0.1, 0.15) is 11.6 Å². The second kappa shape index (κ2) is 4.84. The van der Waals surface area contributed by atoms with Gasteiger partial charge in [0.25, 0.3) is 0 Å². The summed E-state index contributed by atoms with van der Waals surface area (Å²) in [5, 5.41) is 0. The van der Waals surface area contributed by atoms with Crippen molar-refractivity contribution in [2.45, 2.75) is 6.18 Å². The molecule has 0 fully saturated rings. The summed E-state index contributed by atoms with van der Waals surface area (Å²) in [7, 11) is 0. The van der Waals surface area contributed by atoms with Crippen LogP contribution in [0.4, 0.5) is 17.6 Å². The maximum absolute atomic E-state index is 13.8. The number of hydrogen-bond donors (Lipinski definition) is 1. The number of rotatable bonds is 1. The first-order valence-corrected chi connectivity index (χ1v) is 6.66. The van der Waals surface area contributed by atoms with E-state index < -0.39 is 17.6 Å². The minimum Gasteiger partial charge on any atom is -0.338 e. The van der Waals surface area contributed by atoms with Crippen molar-refractivity contribution in [3.63, 3.8) is 0 Å². The Bertz CT molecular complexity index is 823. The van der Waals surface area contributed by atoms with Crippen LogP contribution in [-0.4, -0.2) is 9.97 Å². The van der Waals surface area contributed by atoms with Crippen LogP contribution in [0.25, 0.3) is 22.4 Å². The Morgan fingerprint density at radius 2 is 1.81 bits per heavy atom. The first-order chi connectivity index (χ1) is 9.84. The molecule has 0 spiro atoms. The summed E-state index contributed by atoms with van der Waals surface area (Å²) >= 11 is 3.22. The monoisotopic (exact) mass is 358 g/mol. The van der Waals surface area contributed by atoms with Gasteiger partial charge < -0.3 is 4.98 Å². The Labute approximate surface area is 124 Å². The van der Waals surface area contributed by atoms with Crippen LogP contribution in [0.2, 0.25) is 0 Å². The van der Waals surface area contributed by atoms with E-state index in [1.165, 1.54) is 24.3 Å². The normalized spacial score (nSPS) is 12.0. The van der Waals surface area contributed by atoms with Gasteiger partial charge in [-0.1, -0.05) is 15.9 Å². The predicted octanol–water partition coefficient (Wildman–Crippen LogP) is 5.15. The van der Waals surface area contributed by atoms with Gasteiger partial charge in [0.2, 0.25) is 0 Å². The van der Waals surface area contributed by atoms with Crippen molar-refractivity contribution in [3.8, 4) is 11.4 Å². The molecule has 0 atom stereocenters. The quantitative estimate of drug-likeness (QED) is 0.598. The SMILES string of the molecule is Fc1ccc(Br)cc1-c1nc2ccc(C(F)(F)F)cc2[nH]1. The van der Waals surface area contributed by atoms with Crippen molar-refractivity contribution in [3.05, 3.63) is 52.3 Å². The minimum absolute atomic E-state index is 0.183. The van der Waals surface area contributed by atoms with Crippen LogP contribution < -0.4 is 0 Å². The smallest absolute Gasteiger partial charge is 0.338 e. The molecule has 7 heteroatoms. The maximum atomic E-state index is 13.8. The van der Waals surface area contributed by atoms with Crippen molar-refractivity contribution < 1.29 is 17.6 Å². The standard InChI is InChI=1S/C14H7BrF4N2/c15-8-2-3-10(16)9(6-8)13-20-11-4-1-7(14(17,18)19)5-12(11)21-13/h1-6H,(H,20,21). The second-order valence-electron chi connectivity index (χ2n) is 4.44. The summed E-state index contributed by atoms with van der Waals surface area (Å²) in [6.45, 7) is 0. The van der Waals surface area contributed by atoms with Crippen LogP contribution >= 0.6 is 15.9 Å². The number of alkyl halides is 3. The fraction of sp³-hybridized carbons (Fsp3) is 0.0714. The molecule has 0 aliphatic rings. The lowest BCUT2D eigenvalue weighted by Crippen LogP contribution is -2.04. The van der Waals surface area contributed by atoms with E-state index in [0.717, 1.165) is 12.1 Å². The van der Waals surface area contributed by atoms with Crippen LogP contribution in [0.5, 0.6) is 0 Å². The molecule has 0 bridgehead atoms. The Morgan fingerprint density at radius 3 is 2.52 bits per heavy atom. The summed E-state index contributed by atoms with van der Waals surface area (Å²) in [6.07, 6.45) is -4.43. The van der Waals surface area contributed by atoms with E-state index in [9.17, 15) is 17.6 Å². The van der Waals surface area contributed by atoms with Gasteiger partial charge in [0.15, 0.2) is 0 Å². The van der Waals surface area contributed by atoms with Gasteiger partial charge in [-0.05, 0) is 36.4 Å². The van der Waals surface area contributed by atoms with E-state index in [1.54, 1.807) is 0 Å². The highest BCUT2D eigenvalue weighted by Crippen LogP contribution is 2.32. The van der Waals surface area contributed by atoms with E-state index in [2.05, 4.69) is 25.9 Å². The summed E-state index contributed by atoms with van der Waals surface area (Å²) < 4.78 is 52.4. The number of benzene rings is 2. The first-order valence-electron chi connectivity index (χ1n) is 5.87. The van der Waals surface area contributed by atoms with Crippen LogP contribution in [0.1, 0.15) is 5.56 Å². The summed E-state index contributed by atoms with van der Waals surface area (Å²) in [4.78, 5) is 6.84. The van der Waals surface area contributed by atoms with Crippen LogP contribution in [0.3, 0.4) is 0 Å². The van der Waals surface area contributed by atoms with E-state index in [-0.39, 0.29) is 16.9 Å². The number of nitrogens with one attached hydrogen (secondary N) is 1. The number of hydrogen-bond acceptors (Lipinski definition) is 1. The number of aromatic nitrogens is 2. The molecule has 0 unspecified atom stereocenters. The van der Waals surface area contributed by atoms with E-state index >= 15 is 0 Å². The molecule has 108 valence electrons. The number of aromatic amines is 1. The van der Waals surface area contributed by atoms with Gasteiger partial charge in [-0.2, -0.15) is 13.2 Å². The molecular formula is C14H7BrF4N2. The number of halogens is 5. The third kappa shape index (κ3) is 2.65. The zero-order valence-electron chi connectivity index (χ0n) is 10.3. The lowest BCUT2D eigenvalue weighted by atomic mass is 10.2. The third-order valence-corrected chi connectivity index (χ3v) is 3.49. The molecule has 2 nitrogen and oxygen atoms in total. The van der Waals surface area contributed by atoms with E-state index in [1.807, 2.05) is 0 Å². The molecule has 3 aromatic rings. The average Bonchev–Trinajstić information content (AvgIpc) is 2.83. The van der Waals surface area contributed by atoms with E-state index in [0.29, 0.717) is 9.99 Å². The molecule has 0 saturated heterocycles. The maximum Gasteiger partial charge on any atom is 0.416 e. The number of nitrogens with zero attached hydrogens (tertiary/aromatic N) is 1. The van der Waals surface area contributed by atoms with Gasteiger partial charge in [-0.25, -0.2) is 9.37 Å². The van der Waals surface area contributed by atoms with Crippen molar-refractivity contribution in [2.75, 3.05) is 0 Å². The lowest BCUT2D eigenvalue weighted by molar-refractivity contribution is -0.137. The Hall–Kier alpha value is -1.89. The molecule has 1 heterocycles. The number of fused-ring (bicyclic) bond motifs is 1. The van der Waals surface area contributed by atoms with Gasteiger partial charge in [0, 0.05) is 4.47 Å². The molecule has 21 heavy (non-hydrogen) atoms. The van der Waals surface area contributed by atoms with Gasteiger partial charge in [0.05, 0.1) is 22.2 Å². The third-order valence-electron chi connectivity index (χ3n) is 2.99. The molecule has 1 aromatic heterocycles. The fourth-order valence-electron chi connectivity index (χ4n) is 1.99. The van der Waals surface area contributed by atoms with Crippen molar-refractivity contribution >= 4 is 27.0 Å². The highest BCUT2D eigenvalue weighted by Gasteiger charge is 2.30. The molecule has 3 rings (SSSR count). The summed E-state index contributed by atoms with van der Waals surface area (Å²) in [5.74, 6) is -0.323. The lowest BCUT2D eigenvalue weighted by Gasteiger charge is -2.05. The summed E-state index contributed by atoms with van der Waals surface area (Å²) in [5.41, 5.74) is -0.0365. The molecule has 0 saturated carbocycles. The largest absolute Gasteiger partial charge is 0.416 e. The van der Waals surface area contributed by atoms with Crippen LogP contribution in [0, 0.1) is 5.82 Å². The predicted molar refractivity (Wildman–Crippen MR) is 74.2 cm³/mol. The van der Waals surface area contributed by atoms with Crippen LogP contribution in [-0.2, 0) is 6.18 Å². The topological polar surface area (TPSA) is 28.7 Å². The zero-order chi connectivity index (χ0) is 15.2. The number of H-pyrrole nitrogens is 1. The van der Waals surface area contributed by atoms with Gasteiger partial charge in [-0.3, -0.25) is 0 Å². The fourth-order valence-corrected chi connectivity index (χ4v) is 2.35. The molecule has 0 amide bonds. The molecule has 0 aliphatic heterocycles. The van der Waals surface area contributed by atoms with E-state index in [4.69, 9.17) is 0 Å². The second-order valence-corrected chi connectivity index (χ2v) is 5.35. The van der Waals surface area contributed by atoms with Crippen LogP contribution in [0.15, 0.2) is 40.9 Å². The average molecular weight is 359 g/mol. The van der Waals surface area contributed by atoms with Crippen molar-refractivity contribution in [2.24, 2.45) is 0 Å². The van der Waals surface area contributed by atoms with Gasteiger partial charge in [-0.15, -0.1) is 0 Å². The molecule has 1 N–H and O–H groups in total. The zero-order valence-corrected chi connectivity index (χ0v) is 11.9. The number of imidazole rings is 1. The Kier molecular flexibility index (Phi) is 3.24. The summed E-state index contributed by atoms with van der Waals surface area (Å²) in [6, 6.07) is 7.47. The molecular weight excluding hydrogens is 352 g/mol.